The quantitative estimate of drug-likeness (QED) is 0.536. The summed E-state index contributed by atoms with van der Waals surface area (Å²) in [5.41, 5.74) is 0. The summed E-state index contributed by atoms with van der Waals surface area (Å²) in [6.45, 7) is 2.46. The molecule has 96 valence electrons. The number of hydrogen-bond acceptors (Lipinski definition) is 2. The monoisotopic (exact) mass is 230 g/mol. The van der Waals surface area contributed by atoms with Crippen molar-refractivity contribution in [3.8, 4) is 0 Å². The van der Waals surface area contributed by atoms with Gasteiger partial charge in [-0.1, -0.05) is 39.0 Å². The van der Waals surface area contributed by atoms with E-state index in [-0.39, 0.29) is 0 Å². The summed E-state index contributed by atoms with van der Waals surface area (Å²) in [5, 5.41) is 17.5. The van der Waals surface area contributed by atoms with Crippen LogP contribution in [0.1, 0.15) is 64.7 Å². The molecule has 3 heteroatoms. The Morgan fingerprint density at radius 1 is 1.06 bits per heavy atom. The molecule has 1 atom stereocenters. The molecule has 0 radical (unpaired) electrons. The van der Waals surface area contributed by atoms with Crippen molar-refractivity contribution in [3.63, 3.8) is 0 Å². The molecule has 0 aliphatic heterocycles. The molecule has 1 unspecified atom stereocenters. The number of aliphatic hydroxyl groups is 1. The molecule has 0 bridgehead atoms. The standard InChI is InChI=1S/C13H26O3/c1-2-8-12(11-14)9-6-4-3-5-7-10-13(15)16/h12,14H,2-11H2,1H3,(H,15,16). The fourth-order valence-corrected chi connectivity index (χ4v) is 1.97. The van der Waals surface area contributed by atoms with Crippen molar-refractivity contribution in [2.75, 3.05) is 6.61 Å². The fraction of sp³-hybridized carbons (Fsp3) is 0.923. The first-order chi connectivity index (χ1) is 7.70. The summed E-state index contributed by atoms with van der Waals surface area (Å²) in [5.74, 6) is -0.215. The summed E-state index contributed by atoms with van der Waals surface area (Å²) in [6, 6.07) is 0. The Labute approximate surface area is 98.9 Å². The second kappa shape index (κ2) is 10.9. The minimum Gasteiger partial charge on any atom is -0.481 e. The second-order valence-electron chi connectivity index (χ2n) is 4.54. The normalized spacial score (nSPS) is 12.6. The number of carboxylic acids is 1. The van der Waals surface area contributed by atoms with E-state index in [4.69, 9.17) is 10.2 Å². The Hall–Kier alpha value is -0.570. The van der Waals surface area contributed by atoms with Gasteiger partial charge in [0, 0.05) is 13.0 Å². The zero-order chi connectivity index (χ0) is 12.2. The first-order valence-electron chi connectivity index (χ1n) is 6.53. The van der Waals surface area contributed by atoms with Crippen LogP contribution in [0.4, 0.5) is 0 Å². The molecule has 0 fully saturated rings. The van der Waals surface area contributed by atoms with Crippen LogP contribution in [0.5, 0.6) is 0 Å². The molecule has 3 nitrogen and oxygen atoms in total. The predicted octanol–water partition coefficient (Wildman–Crippen LogP) is 3.21. The van der Waals surface area contributed by atoms with Gasteiger partial charge in [0.2, 0.25) is 0 Å². The molecule has 0 saturated carbocycles. The van der Waals surface area contributed by atoms with Crippen LogP contribution in [0.25, 0.3) is 0 Å². The first kappa shape index (κ1) is 15.4. The molecule has 0 heterocycles. The van der Waals surface area contributed by atoms with E-state index in [1.54, 1.807) is 0 Å². The highest BCUT2D eigenvalue weighted by Gasteiger charge is 2.05. The van der Waals surface area contributed by atoms with Crippen LogP contribution in [0.3, 0.4) is 0 Å². The van der Waals surface area contributed by atoms with E-state index in [9.17, 15) is 4.79 Å². The maximum atomic E-state index is 10.3. The van der Waals surface area contributed by atoms with Crippen molar-refractivity contribution in [3.05, 3.63) is 0 Å². The lowest BCUT2D eigenvalue weighted by molar-refractivity contribution is -0.137. The SMILES string of the molecule is CCCC(CO)CCCCCCCC(=O)O. The molecule has 0 aromatic carbocycles. The summed E-state index contributed by atoms with van der Waals surface area (Å²) < 4.78 is 0. The molecule has 0 rings (SSSR count). The van der Waals surface area contributed by atoms with Crippen LogP contribution in [0, 0.1) is 5.92 Å². The largest absolute Gasteiger partial charge is 0.481 e. The number of carboxylic acid groups (broad SMARTS) is 1. The number of rotatable bonds is 11. The van der Waals surface area contributed by atoms with Crippen LogP contribution < -0.4 is 0 Å². The first-order valence-corrected chi connectivity index (χ1v) is 6.53. The van der Waals surface area contributed by atoms with Gasteiger partial charge in [0.15, 0.2) is 0 Å². The number of aliphatic hydroxyl groups excluding tert-OH is 1. The number of hydrogen-bond donors (Lipinski definition) is 2. The topological polar surface area (TPSA) is 57.5 Å². The van der Waals surface area contributed by atoms with Gasteiger partial charge in [-0.25, -0.2) is 0 Å². The van der Waals surface area contributed by atoms with Gasteiger partial charge in [-0.15, -0.1) is 0 Å². The molecule has 0 aliphatic carbocycles. The van der Waals surface area contributed by atoms with E-state index in [0.717, 1.165) is 44.9 Å². The van der Waals surface area contributed by atoms with Crippen molar-refractivity contribution in [2.45, 2.75) is 64.7 Å². The Morgan fingerprint density at radius 3 is 2.25 bits per heavy atom. The Morgan fingerprint density at radius 2 is 1.69 bits per heavy atom. The lowest BCUT2D eigenvalue weighted by Gasteiger charge is -2.12. The minimum absolute atomic E-state index is 0.301. The van der Waals surface area contributed by atoms with E-state index in [1.165, 1.54) is 6.42 Å². The van der Waals surface area contributed by atoms with Gasteiger partial charge in [0.1, 0.15) is 0 Å². The van der Waals surface area contributed by atoms with Crippen LogP contribution in [0.2, 0.25) is 0 Å². The van der Waals surface area contributed by atoms with Gasteiger partial charge < -0.3 is 10.2 Å². The van der Waals surface area contributed by atoms with E-state index in [1.807, 2.05) is 0 Å². The molecule has 0 aromatic heterocycles. The van der Waals surface area contributed by atoms with Crippen molar-refractivity contribution < 1.29 is 15.0 Å². The summed E-state index contributed by atoms with van der Waals surface area (Å²) in [7, 11) is 0. The van der Waals surface area contributed by atoms with Gasteiger partial charge in [-0.3, -0.25) is 4.79 Å². The molecule has 0 aliphatic rings. The highest BCUT2D eigenvalue weighted by atomic mass is 16.4. The highest BCUT2D eigenvalue weighted by Crippen LogP contribution is 2.16. The molecule has 16 heavy (non-hydrogen) atoms. The average Bonchev–Trinajstić information content (AvgIpc) is 2.26. The van der Waals surface area contributed by atoms with Crippen molar-refractivity contribution in [2.24, 2.45) is 5.92 Å². The molecular weight excluding hydrogens is 204 g/mol. The third kappa shape index (κ3) is 9.97. The van der Waals surface area contributed by atoms with E-state index < -0.39 is 5.97 Å². The maximum absolute atomic E-state index is 10.3. The van der Waals surface area contributed by atoms with Crippen LogP contribution in [-0.4, -0.2) is 22.8 Å². The lowest BCUT2D eigenvalue weighted by atomic mass is 9.97. The Kier molecular flexibility index (Phi) is 10.5. The molecule has 2 N–H and O–H groups in total. The van der Waals surface area contributed by atoms with Gasteiger partial charge in [-0.05, 0) is 25.2 Å². The molecule has 0 amide bonds. The maximum Gasteiger partial charge on any atom is 0.303 e. The summed E-state index contributed by atoms with van der Waals surface area (Å²) in [4.78, 5) is 10.3. The van der Waals surface area contributed by atoms with Crippen molar-refractivity contribution >= 4 is 5.97 Å². The fourth-order valence-electron chi connectivity index (χ4n) is 1.97. The smallest absolute Gasteiger partial charge is 0.303 e. The minimum atomic E-state index is -0.691. The number of aliphatic carboxylic acids is 1. The zero-order valence-electron chi connectivity index (χ0n) is 10.5. The zero-order valence-corrected chi connectivity index (χ0v) is 10.5. The van der Waals surface area contributed by atoms with Crippen molar-refractivity contribution in [1.82, 2.24) is 0 Å². The van der Waals surface area contributed by atoms with Gasteiger partial charge in [0.25, 0.3) is 0 Å². The highest BCUT2D eigenvalue weighted by molar-refractivity contribution is 5.66. The van der Waals surface area contributed by atoms with Crippen LogP contribution >= 0.6 is 0 Å². The Bertz CT molecular complexity index is 169. The summed E-state index contributed by atoms with van der Waals surface area (Å²) in [6.07, 6.45) is 8.95. The molecule has 0 spiro atoms. The van der Waals surface area contributed by atoms with Crippen LogP contribution in [-0.2, 0) is 4.79 Å². The van der Waals surface area contributed by atoms with Crippen LogP contribution in [0.15, 0.2) is 0 Å². The number of unbranched alkanes of at least 4 members (excludes halogenated alkanes) is 4. The van der Waals surface area contributed by atoms with Gasteiger partial charge in [0.05, 0.1) is 0 Å². The molecule has 0 aromatic rings. The lowest BCUT2D eigenvalue weighted by Crippen LogP contribution is -2.05. The third-order valence-electron chi connectivity index (χ3n) is 2.96. The van der Waals surface area contributed by atoms with E-state index in [2.05, 4.69) is 6.92 Å². The third-order valence-corrected chi connectivity index (χ3v) is 2.96. The number of carbonyl (C=O) groups is 1. The Balaban J connectivity index is 3.22. The summed E-state index contributed by atoms with van der Waals surface area (Å²) >= 11 is 0. The van der Waals surface area contributed by atoms with E-state index in [0.29, 0.717) is 18.9 Å². The van der Waals surface area contributed by atoms with Gasteiger partial charge >= 0.3 is 5.97 Å². The van der Waals surface area contributed by atoms with Crippen molar-refractivity contribution in [1.29, 1.82) is 0 Å². The average molecular weight is 230 g/mol. The van der Waals surface area contributed by atoms with Gasteiger partial charge in [-0.2, -0.15) is 0 Å². The predicted molar refractivity (Wildman–Crippen MR) is 65.4 cm³/mol. The van der Waals surface area contributed by atoms with E-state index >= 15 is 0 Å². The molecular formula is C13H26O3. The molecule has 0 saturated heterocycles. The second-order valence-corrected chi connectivity index (χ2v) is 4.54.